The molecule has 8 nitrogen and oxygen atoms in total. The summed E-state index contributed by atoms with van der Waals surface area (Å²) < 4.78 is 10.7. The van der Waals surface area contributed by atoms with Gasteiger partial charge < -0.3 is 20.1 Å². The van der Waals surface area contributed by atoms with Crippen LogP contribution in [0.15, 0.2) is 18.2 Å². The zero-order chi connectivity index (χ0) is 21.0. The molecule has 0 radical (unpaired) electrons. The maximum Gasteiger partial charge on any atom is 0.325 e. The number of unbranched alkanes of at least 4 members (excludes halogenated alkanes) is 2. The molecular weight excluding hydrogens is 374 g/mol. The molecule has 2 heterocycles. The van der Waals surface area contributed by atoms with Crippen LogP contribution in [-0.4, -0.2) is 47.7 Å². The van der Waals surface area contributed by atoms with E-state index in [-0.39, 0.29) is 25.3 Å². The highest BCUT2D eigenvalue weighted by Gasteiger charge is 2.48. The molecule has 8 heteroatoms. The van der Waals surface area contributed by atoms with Crippen LogP contribution in [0, 0.1) is 0 Å². The van der Waals surface area contributed by atoms with Crippen LogP contribution in [0.1, 0.15) is 52.0 Å². The van der Waals surface area contributed by atoms with Crippen molar-refractivity contribution in [1.29, 1.82) is 0 Å². The van der Waals surface area contributed by atoms with Crippen LogP contribution in [0.2, 0.25) is 0 Å². The van der Waals surface area contributed by atoms with Crippen molar-refractivity contribution in [3.05, 3.63) is 23.8 Å². The lowest BCUT2D eigenvalue weighted by Crippen LogP contribution is -2.47. The first kappa shape index (κ1) is 21.0. The number of carbonyl (C=O) groups excluding carboxylic acids is 3. The number of benzene rings is 1. The van der Waals surface area contributed by atoms with Gasteiger partial charge in [-0.25, -0.2) is 4.79 Å². The zero-order valence-corrected chi connectivity index (χ0v) is 17.2. The van der Waals surface area contributed by atoms with E-state index in [1.165, 1.54) is 0 Å². The zero-order valence-electron chi connectivity index (χ0n) is 17.2. The number of carbonyl (C=O) groups is 3. The fourth-order valence-corrected chi connectivity index (χ4v) is 3.71. The predicted octanol–water partition coefficient (Wildman–Crippen LogP) is 2.35. The van der Waals surface area contributed by atoms with Crippen LogP contribution in [0.4, 0.5) is 4.79 Å². The van der Waals surface area contributed by atoms with Crippen LogP contribution in [0.5, 0.6) is 11.5 Å². The minimum absolute atomic E-state index is 0.00910. The molecule has 1 fully saturated rings. The van der Waals surface area contributed by atoms with E-state index in [0.717, 1.165) is 36.1 Å². The van der Waals surface area contributed by atoms with E-state index in [9.17, 15) is 14.4 Å². The van der Waals surface area contributed by atoms with Gasteiger partial charge in [-0.1, -0.05) is 32.3 Å². The van der Waals surface area contributed by atoms with Crippen molar-refractivity contribution in [1.82, 2.24) is 15.5 Å². The number of imide groups is 1. The molecule has 0 aromatic heterocycles. The third-order valence-corrected chi connectivity index (χ3v) is 5.29. The molecule has 2 aliphatic heterocycles. The fourth-order valence-electron chi connectivity index (χ4n) is 3.71. The molecule has 0 bridgehead atoms. The Morgan fingerprint density at radius 3 is 2.79 bits per heavy atom. The predicted molar refractivity (Wildman–Crippen MR) is 107 cm³/mol. The SMILES string of the molecule is CCCCC[C@@H](C)NC(=O)CN1C(=O)N[C@@](C)(Cc2ccc3c(c2)OCO3)C1=O. The highest BCUT2D eigenvalue weighted by atomic mass is 16.7. The Labute approximate surface area is 170 Å². The van der Waals surface area contributed by atoms with Gasteiger partial charge in [0.25, 0.3) is 5.91 Å². The van der Waals surface area contributed by atoms with Gasteiger partial charge in [0.05, 0.1) is 0 Å². The highest BCUT2D eigenvalue weighted by Crippen LogP contribution is 2.34. The molecule has 2 atom stereocenters. The summed E-state index contributed by atoms with van der Waals surface area (Å²) in [5, 5.41) is 5.60. The second kappa shape index (κ2) is 8.71. The normalized spacial score (nSPS) is 21.3. The Bertz CT molecular complexity index is 797. The van der Waals surface area contributed by atoms with Crippen molar-refractivity contribution in [2.24, 2.45) is 0 Å². The quantitative estimate of drug-likeness (QED) is 0.487. The number of nitrogens with zero attached hydrogens (tertiary/aromatic N) is 1. The summed E-state index contributed by atoms with van der Waals surface area (Å²) in [5.41, 5.74) is -0.279. The van der Waals surface area contributed by atoms with E-state index < -0.39 is 17.5 Å². The van der Waals surface area contributed by atoms with Crippen LogP contribution in [0.25, 0.3) is 0 Å². The first-order valence-electron chi connectivity index (χ1n) is 10.1. The van der Waals surface area contributed by atoms with Crippen LogP contribution >= 0.6 is 0 Å². The number of fused-ring (bicyclic) bond motifs is 1. The molecule has 0 aliphatic carbocycles. The molecule has 29 heavy (non-hydrogen) atoms. The Hall–Kier alpha value is -2.77. The third-order valence-electron chi connectivity index (χ3n) is 5.29. The van der Waals surface area contributed by atoms with Gasteiger partial charge in [0.15, 0.2) is 11.5 Å². The average molecular weight is 403 g/mol. The third kappa shape index (κ3) is 4.81. The van der Waals surface area contributed by atoms with Crippen LogP contribution in [-0.2, 0) is 16.0 Å². The molecule has 3 rings (SSSR count). The molecular formula is C21H29N3O5. The van der Waals surface area contributed by atoms with Crippen molar-refractivity contribution < 1.29 is 23.9 Å². The molecule has 0 saturated carbocycles. The van der Waals surface area contributed by atoms with E-state index in [1.807, 2.05) is 13.0 Å². The highest BCUT2D eigenvalue weighted by molar-refractivity contribution is 6.08. The Balaban J connectivity index is 1.59. The van der Waals surface area contributed by atoms with Crippen LogP contribution < -0.4 is 20.1 Å². The second-order valence-electron chi connectivity index (χ2n) is 7.98. The number of nitrogens with one attached hydrogen (secondary N) is 2. The number of amides is 4. The summed E-state index contributed by atoms with van der Waals surface area (Å²) in [6, 6.07) is 4.89. The minimum atomic E-state index is -1.11. The van der Waals surface area contributed by atoms with E-state index in [1.54, 1.807) is 19.1 Å². The second-order valence-corrected chi connectivity index (χ2v) is 7.98. The lowest BCUT2D eigenvalue weighted by Gasteiger charge is -2.22. The fraction of sp³-hybridized carbons (Fsp3) is 0.571. The van der Waals surface area contributed by atoms with Gasteiger partial charge in [-0.2, -0.15) is 0 Å². The first-order chi connectivity index (χ1) is 13.8. The molecule has 0 unspecified atom stereocenters. The smallest absolute Gasteiger partial charge is 0.325 e. The van der Waals surface area contributed by atoms with Gasteiger partial charge in [0.2, 0.25) is 12.7 Å². The number of hydrogen-bond donors (Lipinski definition) is 2. The van der Waals surface area contributed by atoms with E-state index in [4.69, 9.17) is 9.47 Å². The molecule has 2 aliphatic rings. The van der Waals surface area contributed by atoms with Crippen molar-refractivity contribution in [3.63, 3.8) is 0 Å². The van der Waals surface area contributed by atoms with E-state index in [2.05, 4.69) is 17.6 Å². The minimum Gasteiger partial charge on any atom is -0.454 e. The van der Waals surface area contributed by atoms with Gasteiger partial charge in [-0.15, -0.1) is 0 Å². The topological polar surface area (TPSA) is 97.0 Å². The van der Waals surface area contributed by atoms with Crippen molar-refractivity contribution in [3.8, 4) is 11.5 Å². The molecule has 158 valence electrons. The average Bonchev–Trinajstić information content (AvgIpc) is 3.20. The summed E-state index contributed by atoms with van der Waals surface area (Å²) in [6.45, 7) is 5.62. The first-order valence-corrected chi connectivity index (χ1v) is 10.1. The monoisotopic (exact) mass is 403 g/mol. The van der Waals surface area contributed by atoms with Crippen molar-refractivity contribution >= 4 is 17.8 Å². The molecule has 1 aromatic rings. The maximum absolute atomic E-state index is 12.9. The summed E-state index contributed by atoms with van der Waals surface area (Å²) in [7, 11) is 0. The van der Waals surface area contributed by atoms with E-state index in [0.29, 0.717) is 17.9 Å². The largest absolute Gasteiger partial charge is 0.454 e. The lowest BCUT2D eigenvalue weighted by molar-refractivity contribution is -0.134. The van der Waals surface area contributed by atoms with Gasteiger partial charge in [-0.3, -0.25) is 14.5 Å². The van der Waals surface area contributed by atoms with Crippen molar-refractivity contribution in [2.45, 2.75) is 64.5 Å². The Morgan fingerprint density at radius 1 is 1.28 bits per heavy atom. The molecule has 0 spiro atoms. The Morgan fingerprint density at radius 2 is 2.03 bits per heavy atom. The molecule has 1 aromatic carbocycles. The summed E-state index contributed by atoms with van der Waals surface area (Å²) in [5.74, 6) is 0.544. The van der Waals surface area contributed by atoms with Gasteiger partial charge in [-0.05, 0) is 38.0 Å². The maximum atomic E-state index is 12.9. The summed E-state index contributed by atoms with van der Waals surface area (Å²) in [4.78, 5) is 38.6. The molecule has 1 saturated heterocycles. The summed E-state index contributed by atoms with van der Waals surface area (Å²) >= 11 is 0. The van der Waals surface area contributed by atoms with Gasteiger partial charge >= 0.3 is 6.03 Å². The molecule has 4 amide bonds. The number of hydrogen-bond acceptors (Lipinski definition) is 5. The lowest BCUT2D eigenvalue weighted by atomic mass is 9.92. The van der Waals surface area contributed by atoms with Crippen molar-refractivity contribution in [2.75, 3.05) is 13.3 Å². The Kier molecular flexibility index (Phi) is 6.30. The number of rotatable bonds is 9. The van der Waals surface area contributed by atoms with Gasteiger partial charge in [0, 0.05) is 12.5 Å². The van der Waals surface area contributed by atoms with Gasteiger partial charge in [0.1, 0.15) is 12.1 Å². The number of urea groups is 1. The number of ether oxygens (including phenoxy) is 2. The standard InChI is InChI=1S/C21H29N3O5/c1-4-5-6-7-14(2)22-18(25)12-24-19(26)21(3,23-20(24)27)11-15-8-9-16-17(10-15)29-13-28-16/h8-10,14H,4-7,11-13H2,1-3H3,(H,22,25)(H,23,27)/t14-,21+/m1/s1. The van der Waals surface area contributed by atoms with Crippen LogP contribution in [0.3, 0.4) is 0 Å². The van der Waals surface area contributed by atoms with E-state index >= 15 is 0 Å². The molecule has 2 N–H and O–H groups in total. The summed E-state index contributed by atoms with van der Waals surface area (Å²) in [6.07, 6.45) is 4.44.